The van der Waals surface area contributed by atoms with Gasteiger partial charge in [-0.3, -0.25) is 0 Å². The van der Waals surface area contributed by atoms with Crippen LogP contribution in [0.5, 0.6) is 0 Å². The van der Waals surface area contributed by atoms with E-state index in [0.29, 0.717) is 13.1 Å². The molecule has 1 aromatic carbocycles. The van der Waals surface area contributed by atoms with Gasteiger partial charge in [0.25, 0.3) is 0 Å². The predicted octanol–water partition coefficient (Wildman–Crippen LogP) is 3.00. The molecule has 1 amide bonds. The zero-order valence-electron chi connectivity index (χ0n) is 14.6. The van der Waals surface area contributed by atoms with Gasteiger partial charge in [0.15, 0.2) is 0 Å². The van der Waals surface area contributed by atoms with Crippen LogP contribution in [0.2, 0.25) is 0 Å². The number of benzene rings is 1. The Morgan fingerprint density at radius 1 is 1.26 bits per heavy atom. The average Bonchev–Trinajstić information content (AvgIpc) is 2.45. The first kappa shape index (κ1) is 19.5. The van der Waals surface area contributed by atoms with Crippen LogP contribution < -0.4 is 10.6 Å². The van der Waals surface area contributed by atoms with Crippen LogP contribution in [0.15, 0.2) is 30.3 Å². The molecule has 0 aliphatic rings. The van der Waals surface area contributed by atoms with Crippen LogP contribution in [-0.2, 0) is 4.74 Å². The monoisotopic (exact) mass is 322 g/mol. The van der Waals surface area contributed by atoms with Gasteiger partial charge < -0.3 is 20.5 Å². The zero-order valence-corrected chi connectivity index (χ0v) is 14.6. The molecule has 2 atom stereocenters. The summed E-state index contributed by atoms with van der Waals surface area (Å²) >= 11 is 0. The van der Waals surface area contributed by atoms with Crippen molar-refractivity contribution in [2.45, 2.75) is 58.3 Å². The average molecular weight is 322 g/mol. The summed E-state index contributed by atoms with van der Waals surface area (Å²) in [4.78, 5) is 11.6. The van der Waals surface area contributed by atoms with Gasteiger partial charge in [-0.25, -0.2) is 4.79 Å². The highest BCUT2D eigenvalue weighted by atomic mass is 16.6. The standard InChI is InChI=1S/C18H30N2O3/c1-14(21)13-20-16(15-9-6-5-7-10-15)11-8-12-19-17(22)23-18(2,3)4/h5-7,9-10,14,16,20-21H,8,11-13H2,1-4H3,(H,19,22). The van der Waals surface area contributed by atoms with Gasteiger partial charge in [-0.15, -0.1) is 0 Å². The Labute approximate surface area is 139 Å². The summed E-state index contributed by atoms with van der Waals surface area (Å²) in [5, 5.41) is 15.6. The van der Waals surface area contributed by atoms with E-state index in [-0.39, 0.29) is 18.2 Å². The lowest BCUT2D eigenvalue weighted by atomic mass is 10.0. The number of amides is 1. The first-order valence-corrected chi connectivity index (χ1v) is 8.21. The number of hydrogen-bond acceptors (Lipinski definition) is 4. The molecule has 5 heteroatoms. The summed E-state index contributed by atoms with van der Waals surface area (Å²) in [5.74, 6) is 0. The van der Waals surface area contributed by atoms with Gasteiger partial charge in [0.2, 0.25) is 0 Å². The van der Waals surface area contributed by atoms with Crippen LogP contribution in [0.4, 0.5) is 4.79 Å². The molecule has 3 N–H and O–H groups in total. The number of aliphatic hydroxyl groups excluding tert-OH is 1. The second-order valence-electron chi connectivity index (χ2n) is 6.79. The molecule has 0 aliphatic heterocycles. The van der Waals surface area contributed by atoms with Gasteiger partial charge in [-0.1, -0.05) is 30.3 Å². The smallest absolute Gasteiger partial charge is 0.407 e. The second kappa shape index (κ2) is 9.53. The maximum atomic E-state index is 11.6. The minimum absolute atomic E-state index is 0.159. The van der Waals surface area contributed by atoms with Crippen molar-refractivity contribution >= 4 is 6.09 Å². The second-order valence-corrected chi connectivity index (χ2v) is 6.79. The summed E-state index contributed by atoms with van der Waals surface area (Å²) in [7, 11) is 0. The number of aliphatic hydroxyl groups is 1. The molecule has 0 saturated heterocycles. The minimum Gasteiger partial charge on any atom is -0.444 e. The van der Waals surface area contributed by atoms with Crippen LogP contribution in [0, 0.1) is 0 Å². The van der Waals surface area contributed by atoms with E-state index in [4.69, 9.17) is 4.74 Å². The third kappa shape index (κ3) is 9.21. The Hall–Kier alpha value is -1.59. The van der Waals surface area contributed by atoms with Gasteiger partial charge in [0.1, 0.15) is 5.60 Å². The van der Waals surface area contributed by atoms with E-state index in [2.05, 4.69) is 22.8 Å². The minimum atomic E-state index is -0.477. The molecule has 0 radical (unpaired) electrons. The van der Waals surface area contributed by atoms with Gasteiger partial charge in [0.05, 0.1) is 6.10 Å². The Morgan fingerprint density at radius 3 is 2.48 bits per heavy atom. The first-order chi connectivity index (χ1) is 10.8. The Bertz CT molecular complexity index is 455. The first-order valence-electron chi connectivity index (χ1n) is 8.21. The van der Waals surface area contributed by atoms with Crippen LogP contribution in [-0.4, -0.2) is 36.0 Å². The molecular weight excluding hydrogens is 292 g/mol. The molecule has 0 spiro atoms. The molecule has 1 aromatic rings. The van der Waals surface area contributed by atoms with Gasteiger partial charge in [-0.2, -0.15) is 0 Å². The van der Waals surface area contributed by atoms with Gasteiger partial charge in [0, 0.05) is 19.1 Å². The highest BCUT2D eigenvalue weighted by Crippen LogP contribution is 2.18. The fourth-order valence-electron chi connectivity index (χ4n) is 2.20. The van der Waals surface area contributed by atoms with Crippen molar-refractivity contribution < 1.29 is 14.6 Å². The number of alkyl carbamates (subject to hydrolysis) is 1. The van der Waals surface area contributed by atoms with Crippen molar-refractivity contribution in [1.29, 1.82) is 0 Å². The molecule has 0 aliphatic carbocycles. The maximum absolute atomic E-state index is 11.6. The molecular formula is C18H30N2O3. The molecule has 0 aromatic heterocycles. The fraction of sp³-hybridized carbons (Fsp3) is 0.611. The summed E-state index contributed by atoms with van der Waals surface area (Å²) in [5.41, 5.74) is 0.709. The lowest BCUT2D eigenvalue weighted by molar-refractivity contribution is 0.0526. The third-order valence-electron chi connectivity index (χ3n) is 3.20. The molecule has 0 heterocycles. The summed E-state index contributed by atoms with van der Waals surface area (Å²) in [6, 6.07) is 10.3. The topological polar surface area (TPSA) is 70.6 Å². The third-order valence-corrected chi connectivity index (χ3v) is 3.20. The van der Waals surface area contributed by atoms with E-state index in [0.717, 1.165) is 12.8 Å². The maximum Gasteiger partial charge on any atom is 0.407 e. The molecule has 0 fully saturated rings. The zero-order chi connectivity index (χ0) is 17.3. The lowest BCUT2D eigenvalue weighted by Crippen LogP contribution is -2.33. The van der Waals surface area contributed by atoms with E-state index < -0.39 is 5.60 Å². The Morgan fingerprint density at radius 2 is 1.91 bits per heavy atom. The quantitative estimate of drug-likeness (QED) is 0.644. The lowest BCUT2D eigenvalue weighted by Gasteiger charge is -2.21. The van der Waals surface area contributed by atoms with Crippen molar-refractivity contribution in [3.05, 3.63) is 35.9 Å². The number of carbonyl (C=O) groups is 1. The van der Waals surface area contributed by atoms with Gasteiger partial charge >= 0.3 is 6.09 Å². The molecule has 130 valence electrons. The summed E-state index contributed by atoms with van der Waals surface area (Å²) in [6.45, 7) is 8.40. The van der Waals surface area contributed by atoms with Crippen molar-refractivity contribution in [2.24, 2.45) is 0 Å². The number of carbonyl (C=O) groups excluding carboxylic acids is 1. The number of nitrogens with one attached hydrogen (secondary N) is 2. The number of ether oxygens (including phenoxy) is 1. The number of rotatable bonds is 8. The van der Waals surface area contributed by atoms with Crippen LogP contribution in [0.25, 0.3) is 0 Å². The Balaban J connectivity index is 2.41. The Kier molecular flexibility index (Phi) is 8.06. The molecule has 1 rings (SSSR count). The van der Waals surface area contributed by atoms with Crippen LogP contribution >= 0.6 is 0 Å². The van der Waals surface area contributed by atoms with Crippen molar-refractivity contribution in [1.82, 2.24) is 10.6 Å². The number of hydrogen-bond donors (Lipinski definition) is 3. The highest BCUT2D eigenvalue weighted by Gasteiger charge is 2.16. The fourth-order valence-corrected chi connectivity index (χ4v) is 2.20. The molecule has 5 nitrogen and oxygen atoms in total. The molecule has 2 unspecified atom stereocenters. The molecule has 23 heavy (non-hydrogen) atoms. The predicted molar refractivity (Wildman–Crippen MR) is 92.3 cm³/mol. The highest BCUT2D eigenvalue weighted by molar-refractivity contribution is 5.67. The van der Waals surface area contributed by atoms with E-state index in [1.165, 1.54) is 5.56 Å². The molecule has 0 saturated carbocycles. The van der Waals surface area contributed by atoms with Crippen LogP contribution in [0.3, 0.4) is 0 Å². The normalized spacial score (nSPS) is 14.1. The summed E-state index contributed by atoms with van der Waals surface area (Å²) in [6.07, 6.45) is 0.921. The SMILES string of the molecule is CC(O)CNC(CCCNC(=O)OC(C)(C)C)c1ccccc1. The largest absolute Gasteiger partial charge is 0.444 e. The van der Waals surface area contributed by atoms with E-state index in [9.17, 15) is 9.90 Å². The van der Waals surface area contributed by atoms with E-state index >= 15 is 0 Å². The van der Waals surface area contributed by atoms with E-state index in [1.807, 2.05) is 39.0 Å². The van der Waals surface area contributed by atoms with E-state index in [1.54, 1.807) is 6.92 Å². The van der Waals surface area contributed by atoms with Crippen LogP contribution in [0.1, 0.15) is 52.1 Å². The van der Waals surface area contributed by atoms with Crippen molar-refractivity contribution in [2.75, 3.05) is 13.1 Å². The van der Waals surface area contributed by atoms with Gasteiger partial charge in [-0.05, 0) is 46.1 Å². The molecule has 0 bridgehead atoms. The van der Waals surface area contributed by atoms with Crippen molar-refractivity contribution in [3.63, 3.8) is 0 Å². The summed E-state index contributed by atoms with van der Waals surface area (Å²) < 4.78 is 5.21. The van der Waals surface area contributed by atoms with Crippen molar-refractivity contribution in [3.8, 4) is 0 Å².